The predicted molar refractivity (Wildman–Crippen MR) is 137 cm³/mol. The maximum atomic E-state index is 13.5. The summed E-state index contributed by atoms with van der Waals surface area (Å²) in [6, 6.07) is 15.4. The summed E-state index contributed by atoms with van der Waals surface area (Å²) in [5, 5.41) is 3.52. The van der Waals surface area contributed by atoms with E-state index in [1.54, 1.807) is 52.0 Å². The van der Waals surface area contributed by atoms with E-state index in [0.717, 1.165) is 5.56 Å². The third-order valence-corrected chi connectivity index (χ3v) is 5.81. The van der Waals surface area contributed by atoms with Gasteiger partial charge in [0, 0.05) is 17.6 Å². The Bertz CT molecular complexity index is 1260. The number of ether oxygens (including phenoxy) is 3. The van der Waals surface area contributed by atoms with Crippen LogP contribution in [0.25, 0.3) is 11.0 Å². The van der Waals surface area contributed by atoms with Crippen LogP contribution < -0.4 is 5.32 Å². The Labute approximate surface area is 215 Å². The highest BCUT2D eigenvalue weighted by Gasteiger charge is 2.44. The van der Waals surface area contributed by atoms with Gasteiger partial charge in [-0.3, -0.25) is 9.69 Å². The molecule has 3 aromatic rings. The maximum Gasteiger partial charge on any atom is 0.411 e. The zero-order valence-electron chi connectivity index (χ0n) is 21.5. The molecule has 0 unspecified atom stereocenters. The molecule has 9 heteroatoms. The topological polar surface area (TPSA) is 107 Å². The fraction of sp³-hybridized carbons (Fsp3) is 0.393. The van der Waals surface area contributed by atoms with E-state index in [4.69, 9.17) is 18.6 Å². The Kier molecular flexibility index (Phi) is 7.83. The minimum Gasteiger partial charge on any atom is -0.460 e. The molecule has 0 saturated carbocycles. The first-order valence-corrected chi connectivity index (χ1v) is 12.3. The smallest absolute Gasteiger partial charge is 0.411 e. The number of benzene rings is 2. The quantitative estimate of drug-likeness (QED) is 0.440. The number of esters is 1. The first-order chi connectivity index (χ1) is 17.6. The zero-order valence-corrected chi connectivity index (χ0v) is 21.5. The predicted octanol–water partition coefficient (Wildman–Crippen LogP) is 5.14. The lowest BCUT2D eigenvalue weighted by molar-refractivity contribution is -0.124. The van der Waals surface area contributed by atoms with Crippen LogP contribution in [0.1, 0.15) is 50.2 Å². The van der Waals surface area contributed by atoms with Crippen molar-refractivity contribution in [3.8, 4) is 0 Å². The fourth-order valence-electron chi connectivity index (χ4n) is 4.19. The second-order valence-electron chi connectivity index (χ2n) is 9.82. The summed E-state index contributed by atoms with van der Waals surface area (Å²) in [5.41, 5.74) is 1.25. The van der Waals surface area contributed by atoms with E-state index in [0.29, 0.717) is 36.2 Å². The van der Waals surface area contributed by atoms with E-state index in [1.807, 2.05) is 30.3 Å². The summed E-state index contributed by atoms with van der Waals surface area (Å²) >= 11 is 0. The maximum absolute atomic E-state index is 13.5. The van der Waals surface area contributed by atoms with Gasteiger partial charge in [-0.1, -0.05) is 30.3 Å². The van der Waals surface area contributed by atoms with Gasteiger partial charge < -0.3 is 23.9 Å². The molecule has 1 fully saturated rings. The van der Waals surface area contributed by atoms with Crippen LogP contribution in [0.3, 0.4) is 0 Å². The Balaban J connectivity index is 1.53. The van der Waals surface area contributed by atoms with Crippen LogP contribution in [-0.4, -0.2) is 53.8 Å². The van der Waals surface area contributed by atoms with E-state index < -0.39 is 35.7 Å². The number of carbonyl (C=O) groups excluding carboxylic acids is 3. The normalized spacial score (nSPS) is 17.6. The lowest BCUT2D eigenvalue weighted by atomic mass is 10.1. The third-order valence-electron chi connectivity index (χ3n) is 5.81. The number of fused-ring (bicyclic) bond motifs is 1. The van der Waals surface area contributed by atoms with Crippen LogP contribution in [0.2, 0.25) is 0 Å². The second-order valence-corrected chi connectivity index (χ2v) is 9.82. The van der Waals surface area contributed by atoms with Crippen molar-refractivity contribution >= 4 is 34.6 Å². The number of likely N-dealkylation sites (tertiary alicyclic amines) is 1. The van der Waals surface area contributed by atoms with E-state index >= 15 is 0 Å². The minimum absolute atomic E-state index is 0.0848. The van der Waals surface area contributed by atoms with Crippen molar-refractivity contribution in [2.45, 2.75) is 58.5 Å². The number of nitrogens with one attached hydrogen (secondary N) is 1. The molecule has 0 radical (unpaired) electrons. The number of hydrogen-bond acceptors (Lipinski definition) is 7. The molecule has 1 saturated heterocycles. The number of amides is 2. The number of anilines is 1. The highest BCUT2D eigenvalue weighted by atomic mass is 16.6. The van der Waals surface area contributed by atoms with Gasteiger partial charge in [-0.2, -0.15) is 0 Å². The number of furan rings is 1. The average molecular weight is 509 g/mol. The van der Waals surface area contributed by atoms with Crippen molar-refractivity contribution < 1.29 is 33.0 Å². The molecule has 0 aliphatic carbocycles. The van der Waals surface area contributed by atoms with Crippen LogP contribution in [0, 0.1) is 0 Å². The van der Waals surface area contributed by atoms with Crippen LogP contribution in [-0.2, 0) is 25.6 Å². The van der Waals surface area contributed by atoms with E-state index in [9.17, 15) is 14.4 Å². The van der Waals surface area contributed by atoms with Crippen molar-refractivity contribution in [2.24, 2.45) is 0 Å². The average Bonchev–Trinajstić information content (AvgIpc) is 3.47. The molecule has 2 atom stereocenters. The number of rotatable bonds is 7. The van der Waals surface area contributed by atoms with Crippen LogP contribution in [0.5, 0.6) is 0 Å². The van der Waals surface area contributed by atoms with Crippen molar-refractivity contribution in [3.63, 3.8) is 0 Å². The van der Waals surface area contributed by atoms with E-state index in [-0.39, 0.29) is 12.4 Å². The Morgan fingerprint density at radius 2 is 1.84 bits per heavy atom. The number of carbonyl (C=O) groups is 3. The Morgan fingerprint density at radius 3 is 2.54 bits per heavy atom. The van der Waals surface area contributed by atoms with Gasteiger partial charge in [0.1, 0.15) is 17.2 Å². The standard InChI is InChI=1S/C28H32N2O7/c1-5-34-26(32)23-16-19-15-20(11-12-21(19)36-23)29-25(31)24-22(35-17-18-9-7-6-8-10-18)13-14-30(24)27(33)37-28(2,3)4/h6-12,15-16,22,24H,5,13-14,17H2,1-4H3,(H,29,31)/t22-,24-/m0/s1. The van der Waals surface area contributed by atoms with E-state index in [2.05, 4.69) is 5.32 Å². The molecule has 1 N–H and O–H groups in total. The van der Waals surface area contributed by atoms with Crippen LogP contribution in [0.15, 0.2) is 59.0 Å². The van der Waals surface area contributed by atoms with Gasteiger partial charge in [-0.05, 0) is 63.9 Å². The lowest BCUT2D eigenvalue weighted by Crippen LogP contribution is -2.49. The zero-order chi connectivity index (χ0) is 26.6. The van der Waals surface area contributed by atoms with E-state index in [1.165, 1.54) is 4.90 Å². The minimum atomic E-state index is -0.881. The van der Waals surface area contributed by atoms with Gasteiger partial charge in [0.05, 0.1) is 19.3 Å². The molecule has 2 amide bonds. The van der Waals surface area contributed by atoms with Crippen LogP contribution in [0.4, 0.5) is 10.5 Å². The molecule has 1 aliphatic rings. The molecule has 0 spiro atoms. The van der Waals surface area contributed by atoms with Crippen molar-refractivity contribution in [3.05, 3.63) is 65.9 Å². The third kappa shape index (κ3) is 6.48. The second kappa shape index (κ2) is 11.0. The summed E-state index contributed by atoms with van der Waals surface area (Å²) in [5.74, 6) is -0.863. The number of nitrogens with zero attached hydrogens (tertiary/aromatic N) is 1. The van der Waals surface area contributed by atoms with Gasteiger partial charge in [0.25, 0.3) is 0 Å². The molecular weight excluding hydrogens is 476 g/mol. The van der Waals surface area contributed by atoms with Crippen molar-refractivity contribution in [1.29, 1.82) is 0 Å². The summed E-state index contributed by atoms with van der Waals surface area (Å²) in [4.78, 5) is 39.9. The summed E-state index contributed by atoms with van der Waals surface area (Å²) in [6.07, 6.45) is -0.586. The molecule has 1 aliphatic heterocycles. The fourth-order valence-corrected chi connectivity index (χ4v) is 4.19. The monoisotopic (exact) mass is 508 g/mol. The summed E-state index contributed by atoms with van der Waals surface area (Å²) in [6.45, 7) is 7.94. The van der Waals surface area contributed by atoms with Crippen LogP contribution >= 0.6 is 0 Å². The molecule has 4 rings (SSSR count). The molecule has 37 heavy (non-hydrogen) atoms. The first kappa shape index (κ1) is 26.2. The first-order valence-electron chi connectivity index (χ1n) is 12.3. The van der Waals surface area contributed by atoms with Gasteiger partial charge in [0.2, 0.25) is 11.7 Å². The number of hydrogen-bond donors (Lipinski definition) is 1. The van der Waals surface area contributed by atoms with Gasteiger partial charge in [0.15, 0.2) is 0 Å². The Hall–Kier alpha value is -3.85. The molecule has 0 bridgehead atoms. The lowest BCUT2D eigenvalue weighted by Gasteiger charge is -2.29. The van der Waals surface area contributed by atoms with Gasteiger partial charge in [-0.15, -0.1) is 0 Å². The SMILES string of the molecule is CCOC(=O)c1cc2cc(NC(=O)[C@@H]3[C@@H](OCc4ccccc4)CCN3C(=O)OC(C)(C)C)ccc2o1. The summed E-state index contributed by atoms with van der Waals surface area (Å²) in [7, 11) is 0. The molecule has 2 aromatic carbocycles. The molecule has 2 heterocycles. The summed E-state index contributed by atoms with van der Waals surface area (Å²) < 4.78 is 22.2. The van der Waals surface area contributed by atoms with Gasteiger partial charge >= 0.3 is 12.1 Å². The van der Waals surface area contributed by atoms with Gasteiger partial charge in [-0.25, -0.2) is 9.59 Å². The highest BCUT2D eigenvalue weighted by Crippen LogP contribution is 2.28. The highest BCUT2D eigenvalue weighted by molar-refractivity contribution is 5.99. The van der Waals surface area contributed by atoms with Crippen molar-refractivity contribution in [1.82, 2.24) is 4.90 Å². The molecule has 196 valence electrons. The largest absolute Gasteiger partial charge is 0.460 e. The Morgan fingerprint density at radius 1 is 1.08 bits per heavy atom. The van der Waals surface area contributed by atoms with Crippen molar-refractivity contribution in [2.75, 3.05) is 18.5 Å². The molecule has 9 nitrogen and oxygen atoms in total. The molecule has 1 aromatic heterocycles. The molecular formula is C28H32N2O7.